The molecule has 7 heteroatoms. The smallest absolute Gasteiger partial charge is 0.303 e. The topological polar surface area (TPSA) is 101 Å². The molecule has 20 heavy (non-hydrogen) atoms. The second-order valence-electron chi connectivity index (χ2n) is 4.26. The van der Waals surface area contributed by atoms with Crippen LogP contribution in [0.2, 0.25) is 0 Å². The summed E-state index contributed by atoms with van der Waals surface area (Å²) in [5.41, 5.74) is 5.92. The number of carbonyl (C=O) groups is 3. The lowest BCUT2D eigenvalue weighted by Gasteiger charge is -2.26. The molecule has 1 atom stereocenters. The summed E-state index contributed by atoms with van der Waals surface area (Å²) in [5, 5.41) is 8.58. The van der Waals surface area contributed by atoms with Crippen molar-refractivity contribution in [3.8, 4) is 0 Å². The summed E-state index contributed by atoms with van der Waals surface area (Å²) in [6.07, 6.45) is -0.462. The first-order valence-electron chi connectivity index (χ1n) is 5.85. The van der Waals surface area contributed by atoms with E-state index < -0.39 is 23.8 Å². The third-order valence-electron chi connectivity index (χ3n) is 2.77. The molecule has 0 bridgehead atoms. The highest BCUT2D eigenvalue weighted by molar-refractivity contribution is 9.10. The van der Waals surface area contributed by atoms with Gasteiger partial charge in [-0.15, -0.1) is 0 Å². The fourth-order valence-electron chi connectivity index (χ4n) is 1.79. The number of carboxylic acid groups (broad SMARTS) is 1. The molecule has 1 aromatic rings. The molecule has 6 nitrogen and oxygen atoms in total. The number of halogens is 1. The van der Waals surface area contributed by atoms with Gasteiger partial charge in [0.25, 0.3) is 0 Å². The minimum Gasteiger partial charge on any atom is -0.481 e. The summed E-state index contributed by atoms with van der Waals surface area (Å²) < 4.78 is 0.757. The van der Waals surface area contributed by atoms with Gasteiger partial charge in [-0.1, -0.05) is 28.1 Å². The number of hydrogen-bond acceptors (Lipinski definition) is 3. The van der Waals surface area contributed by atoms with Gasteiger partial charge in [-0.3, -0.25) is 14.4 Å². The van der Waals surface area contributed by atoms with E-state index in [2.05, 4.69) is 15.9 Å². The molecule has 0 radical (unpaired) electrons. The van der Waals surface area contributed by atoms with E-state index in [1.165, 1.54) is 11.9 Å². The molecule has 1 unspecified atom stereocenters. The van der Waals surface area contributed by atoms with Crippen LogP contribution in [0.3, 0.4) is 0 Å². The summed E-state index contributed by atoms with van der Waals surface area (Å²) in [5.74, 6) is -2.18. The summed E-state index contributed by atoms with van der Waals surface area (Å²) >= 11 is 3.28. The highest BCUT2D eigenvalue weighted by atomic mass is 79.9. The number of nitrogens with two attached hydrogens (primary N) is 1. The molecular formula is C13H15BrN2O4. The molecule has 0 spiro atoms. The number of primary amides is 1. The largest absolute Gasteiger partial charge is 0.481 e. The second kappa shape index (κ2) is 7.04. The Labute approximate surface area is 124 Å². The number of likely N-dealkylation sites (N-methyl/N-ethyl adjacent to an activating group) is 1. The Kier molecular flexibility index (Phi) is 5.69. The van der Waals surface area contributed by atoms with Crippen LogP contribution in [0, 0.1) is 0 Å². The zero-order chi connectivity index (χ0) is 15.3. The first kappa shape index (κ1) is 16.2. The molecule has 0 fully saturated rings. The molecule has 0 aliphatic rings. The van der Waals surface area contributed by atoms with Crippen LogP contribution < -0.4 is 5.73 Å². The molecule has 1 aromatic carbocycles. The highest BCUT2D eigenvalue weighted by Gasteiger charge is 2.26. The van der Waals surface area contributed by atoms with Crippen LogP contribution in [0.15, 0.2) is 28.7 Å². The molecule has 2 amide bonds. The van der Waals surface area contributed by atoms with Crippen LogP contribution in [-0.4, -0.2) is 34.8 Å². The second-order valence-corrected chi connectivity index (χ2v) is 5.17. The van der Waals surface area contributed by atoms with Gasteiger partial charge in [-0.2, -0.15) is 0 Å². The van der Waals surface area contributed by atoms with E-state index in [4.69, 9.17) is 10.8 Å². The average Bonchev–Trinajstić information content (AvgIpc) is 2.35. The Morgan fingerprint density at radius 1 is 1.35 bits per heavy atom. The molecule has 0 aromatic heterocycles. The summed E-state index contributed by atoms with van der Waals surface area (Å²) in [7, 11) is 1.43. The van der Waals surface area contributed by atoms with Gasteiger partial charge < -0.3 is 15.7 Å². The van der Waals surface area contributed by atoms with Crippen LogP contribution in [-0.2, 0) is 14.4 Å². The van der Waals surface area contributed by atoms with Gasteiger partial charge in [-0.25, -0.2) is 0 Å². The van der Waals surface area contributed by atoms with Crippen LogP contribution >= 0.6 is 15.9 Å². The van der Waals surface area contributed by atoms with Crippen molar-refractivity contribution in [2.45, 2.75) is 18.9 Å². The molecular weight excluding hydrogens is 328 g/mol. The number of rotatable bonds is 6. The van der Waals surface area contributed by atoms with Crippen LogP contribution in [0.1, 0.15) is 24.4 Å². The molecule has 0 saturated carbocycles. The Balaban J connectivity index is 2.93. The summed E-state index contributed by atoms with van der Waals surface area (Å²) in [6.45, 7) is 0. The lowest BCUT2D eigenvalue weighted by molar-refractivity contribution is -0.142. The molecule has 0 aliphatic carbocycles. The van der Waals surface area contributed by atoms with Gasteiger partial charge in [-0.05, 0) is 17.7 Å². The standard InChI is InChI=1S/C13H15BrN2O4/c1-16(10(17)5-6-11(18)19)12(13(15)20)8-3-2-4-9(14)7-8/h2-4,7,12H,5-6H2,1H3,(H2,15,20)(H,18,19). The van der Waals surface area contributed by atoms with Gasteiger partial charge >= 0.3 is 5.97 Å². The summed E-state index contributed by atoms with van der Waals surface area (Å²) in [4.78, 5) is 35.1. The lowest BCUT2D eigenvalue weighted by Crippen LogP contribution is -2.39. The Morgan fingerprint density at radius 2 is 2.00 bits per heavy atom. The van der Waals surface area contributed by atoms with Crippen LogP contribution in [0.5, 0.6) is 0 Å². The van der Waals surface area contributed by atoms with Gasteiger partial charge in [0, 0.05) is 17.9 Å². The third kappa shape index (κ3) is 4.34. The molecule has 0 saturated heterocycles. The molecule has 1 rings (SSSR count). The Hall–Kier alpha value is -1.89. The fourth-order valence-corrected chi connectivity index (χ4v) is 2.21. The zero-order valence-corrected chi connectivity index (χ0v) is 12.5. The number of hydrogen-bond donors (Lipinski definition) is 2. The van der Waals surface area contributed by atoms with Crippen molar-refractivity contribution in [3.05, 3.63) is 34.3 Å². The number of amides is 2. The molecule has 108 valence electrons. The van der Waals surface area contributed by atoms with Crippen LogP contribution in [0.25, 0.3) is 0 Å². The van der Waals surface area contributed by atoms with Gasteiger partial charge in [0.05, 0.1) is 6.42 Å². The van der Waals surface area contributed by atoms with E-state index >= 15 is 0 Å². The SMILES string of the molecule is CN(C(=O)CCC(=O)O)C(C(N)=O)c1cccc(Br)c1. The van der Waals surface area contributed by atoms with E-state index in [-0.39, 0.29) is 12.8 Å². The summed E-state index contributed by atoms with van der Waals surface area (Å²) in [6, 6.07) is 5.96. The van der Waals surface area contributed by atoms with Gasteiger partial charge in [0.2, 0.25) is 11.8 Å². The number of benzene rings is 1. The highest BCUT2D eigenvalue weighted by Crippen LogP contribution is 2.23. The predicted molar refractivity (Wildman–Crippen MR) is 75.7 cm³/mol. The maximum Gasteiger partial charge on any atom is 0.303 e. The molecule has 3 N–H and O–H groups in total. The van der Waals surface area contributed by atoms with Crippen molar-refractivity contribution in [3.63, 3.8) is 0 Å². The van der Waals surface area contributed by atoms with E-state index in [1.54, 1.807) is 24.3 Å². The Bertz CT molecular complexity index is 533. The van der Waals surface area contributed by atoms with Crippen molar-refractivity contribution >= 4 is 33.7 Å². The van der Waals surface area contributed by atoms with E-state index in [9.17, 15) is 14.4 Å². The van der Waals surface area contributed by atoms with E-state index in [0.717, 1.165) is 4.47 Å². The number of carboxylic acids is 1. The lowest BCUT2D eigenvalue weighted by atomic mass is 10.0. The zero-order valence-electron chi connectivity index (χ0n) is 10.9. The third-order valence-corrected chi connectivity index (χ3v) is 3.26. The van der Waals surface area contributed by atoms with Crippen molar-refractivity contribution in [2.24, 2.45) is 5.73 Å². The first-order valence-corrected chi connectivity index (χ1v) is 6.64. The Morgan fingerprint density at radius 3 is 2.50 bits per heavy atom. The number of nitrogens with zero attached hydrogens (tertiary/aromatic N) is 1. The predicted octanol–water partition coefficient (Wildman–Crippen LogP) is 1.30. The van der Waals surface area contributed by atoms with Crippen LogP contribution in [0.4, 0.5) is 0 Å². The fraction of sp³-hybridized carbons (Fsp3) is 0.308. The normalized spacial score (nSPS) is 11.7. The van der Waals surface area contributed by atoms with Crippen molar-refractivity contribution < 1.29 is 19.5 Å². The van der Waals surface area contributed by atoms with Gasteiger partial charge in [0.15, 0.2) is 0 Å². The van der Waals surface area contributed by atoms with Crippen molar-refractivity contribution in [2.75, 3.05) is 7.05 Å². The van der Waals surface area contributed by atoms with E-state index in [1.807, 2.05) is 0 Å². The minimum absolute atomic E-state index is 0.177. The maximum absolute atomic E-state index is 11.9. The maximum atomic E-state index is 11.9. The van der Waals surface area contributed by atoms with Gasteiger partial charge in [0.1, 0.15) is 6.04 Å². The first-order chi connectivity index (χ1) is 9.32. The quantitative estimate of drug-likeness (QED) is 0.813. The van der Waals surface area contributed by atoms with Crippen molar-refractivity contribution in [1.29, 1.82) is 0 Å². The number of aliphatic carboxylic acids is 1. The number of carbonyl (C=O) groups excluding carboxylic acids is 2. The molecule has 0 heterocycles. The van der Waals surface area contributed by atoms with Crippen molar-refractivity contribution in [1.82, 2.24) is 4.90 Å². The van der Waals surface area contributed by atoms with E-state index in [0.29, 0.717) is 5.56 Å². The monoisotopic (exact) mass is 342 g/mol. The average molecular weight is 343 g/mol. The molecule has 0 aliphatic heterocycles. The minimum atomic E-state index is -1.06.